The van der Waals surface area contributed by atoms with Crippen molar-refractivity contribution in [3.05, 3.63) is 0 Å². The molecule has 0 N–H and O–H groups in total. The molecule has 0 aliphatic carbocycles. The van der Waals surface area contributed by atoms with Gasteiger partial charge in [0.2, 0.25) is 0 Å². The maximum absolute atomic E-state index is 11.2. The van der Waals surface area contributed by atoms with E-state index in [1.54, 1.807) is 0 Å². The second-order valence-electron chi connectivity index (χ2n) is 9.51. The van der Waals surface area contributed by atoms with Crippen molar-refractivity contribution in [1.82, 2.24) is 0 Å². The lowest BCUT2D eigenvalue weighted by molar-refractivity contribution is -0.145. The monoisotopic (exact) mass is 626 g/mol. The lowest BCUT2D eigenvalue weighted by Gasteiger charge is -2.09. The largest absolute Gasteiger partial charge is 0.463 e. The highest BCUT2D eigenvalue weighted by Gasteiger charge is 2.00. The lowest BCUT2D eigenvalue weighted by atomic mass is 10.2. The molecule has 0 amide bonds. The van der Waals surface area contributed by atoms with E-state index in [1.807, 2.05) is 6.92 Å². The van der Waals surface area contributed by atoms with E-state index in [0.29, 0.717) is 132 Å². The van der Waals surface area contributed by atoms with Crippen molar-refractivity contribution in [1.29, 1.82) is 0 Å². The Morgan fingerprint density at radius 3 is 0.907 bits per heavy atom. The molecule has 0 unspecified atom stereocenters. The molecule has 0 aliphatic rings. The fourth-order valence-corrected chi connectivity index (χ4v) is 3.38. The summed E-state index contributed by atoms with van der Waals surface area (Å²) in [5, 5.41) is 0. The van der Waals surface area contributed by atoms with Crippen LogP contribution in [0.1, 0.15) is 58.8 Å². The molecule has 0 rings (SSSR count). The second kappa shape index (κ2) is 39.1. The van der Waals surface area contributed by atoms with Crippen molar-refractivity contribution in [3.8, 4) is 0 Å². The van der Waals surface area contributed by atoms with E-state index in [2.05, 4.69) is 6.92 Å². The summed E-state index contributed by atoms with van der Waals surface area (Å²) in [6.45, 7) is 15.1. The van der Waals surface area contributed by atoms with E-state index < -0.39 is 0 Å². The predicted molar refractivity (Wildman–Crippen MR) is 163 cm³/mol. The van der Waals surface area contributed by atoms with Crippen LogP contribution in [0.15, 0.2) is 0 Å². The molecule has 258 valence electrons. The zero-order valence-electron chi connectivity index (χ0n) is 27.2. The quantitative estimate of drug-likeness (QED) is 0.0738. The number of carbonyl (C=O) groups is 1. The molecule has 0 spiro atoms. The molecule has 0 aromatic rings. The highest BCUT2D eigenvalue weighted by Crippen LogP contribution is 2.02. The van der Waals surface area contributed by atoms with Crippen LogP contribution in [0.25, 0.3) is 0 Å². The van der Waals surface area contributed by atoms with E-state index in [9.17, 15) is 4.79 Å². The van der Waals surface area contributed by atoms with Gasteiger partial charge >= 0.3 is 5.97 Å². The van der Waals surface area contributed by atoms with Gasteiger partial charge in [-0.15, -0.1) is 0 Å². The molecule has 43 heavy (non-hydrogen) atoms. The minimum atomic E-state index is -0.185. The number of carbonyl (C=O) groups excluding carboxylic acids is 1. The van der Waals surface area contributed by atoms with Gasteiger partial charge in [0.05, 0.1) is 126 Å². The van der Waals surface area contributed by atoms with Crippen molar-refractivity contribution < 1.29 is 56.9 Å². The van der Waals surface area contributed by atoms with Crippen LogP contribution < -0.4 is 0 Å². The number of esters is 1. The van der Waals surface area contributed by atoms with E-state index in [1.165, 1.54) is 25.7 Å². The Bertz CT molecular complexity index is 527. The molecule has 0 bridgehead atoms. The van der Waals surface area contributed by atoms with Crippen LogP contribution in [-0.2, 0) is 56.9 Å². The lowest BCUT2D eigenvalue weighted by Crippen LogP contribution is -2.15. The molecule has 0 fully saturated rings. The molecule has 12 heteroatoms. The summed E-state index contributed by atoms with van der Waals surface area (Å²) < 4.78 is 59.6. The summed E-state index contributed by atoms with van der Waals surface area (Å²) in [4.78, 5) is 11.2. The first-order chi connectivity index (χ1) is 21.3. The maximum atomic E-state index is 11.2. The van der Waals surface area contributed by atoms with Crippen LogP contribution in [0.2, 0.25) is 0 Å². The number of rotatable bonds is 38. The number of ether oxygens (including phenoxy) is 11. The molecular formula is C31H62O12. The third kappa shape index (κ3) is 39.0. The summed E-state index contributed by atoms with van der Waals surface area (Å²) in [5.74, 6) is -0.185. The summed E-state index contributed by atoms with van der Waals surface area (Å²) in [5.41, 5.74) is 0. The topological polar surface area (TPSA) is 119 Å². The summed E-state index contributed by atoms with van der Waals surface area (Å²) in [7, 11) is 0. The van der Waals surface area contributed by atoms with Gasteiger partial charge in [-0.05, 0) is 12.8 Å². The van der Waals surface area contributed by atoms with Crippen molar-refractivity contribution in [3.63, 3.8) is 0 Å². The first-order valence-electron chi connectivity index (χ1n) is 16.2. The van der Waals surface area contributed by atoms with Gasteiger partial charge < -0.3 is 52.1 Å². The van der Waals surface area contributed by atoms with Crippen molar-refractivity contribution in [2.24, 2.45) is 0 Å². The van der Waals surface area contributed by atoms with Gasteiger partial charge in [0.15, 0.2) is 0 Å². The molecular weight excluding hydrogens is 564 g/mol. The van der Waals surface area contributed by atoms with Gasteiger partial charge in [0, 0.05) is 13.0 Å². The maximum Gasteiger partial charge on any atom is 0.305 e. The van der Waals surface area contributed by atoms with Crippen LogP contribution in [0.3, 0.4) is 0 Å². The Morgan fingerprint density at radius 2 is 0.605 bits per heavy atom. The zero-order valence-corrected chi connectivity index (χ0v) is 27.2. The molecule has 0 atom stereocenters. The highest BCUT2D eigenvalue weighted by molar-refractivity contribution is 5.69. The Hall–Kier alpha value is -0.930. The van der Waals surface area contributed by atoms with E-state index in [0.717, 1.165) is 19.4 Å². The van der Waals surface area contributed by atoms with Crippen LogP contribution in [0.5, 0.6) is 0 Å². The standard InChI is InChI=1S/C31H62O12/c1-3-5-6-7-8-10-33-11-12-34-13-14-35-15-16-36-17-18-37-19-20-38-21-22-39-23-24-40-25-26-41-27-28-42-29-30-43-31(32)9-4-2/h3-30H2,1-2H3. The Kier molecular flexibility index (Phi) is 38.2. The van der Waals surface area contributed by atoms with Gasteiger partial charge in [-0.1, -0.05) is 39.5 Å². The Labute approximate surface area is 260 Å². The van der Waals surface area contributed by atoms with Gasteiger partial charge in [-0.2, -0.15) is 0 Å². The number of unbranched alkanes of at least 4 members (excludes halogenated alkanes) is 4. The molecule has 0 radical (unpaired) electrons. The first-order valence-corrected chi connectivity index (χ1v) is 16.2. The minimum absolute atomic E-state index is 0.185. The molecule has 0 aromatic carbocycles. The van der Waals surface area contributed by atoms with Crippen molar-refractivity contribution >= 4 is 5.97 Å². The summed E-state index contributed by atoms with van der Waals surface area (Å²) >= 11 is 0. The Balaban J connectivity index is 3.05. The molecule has 0 aromatic heterocycles. The normalized spacial score (nSPS) is 11.4. The Morgan fingerprint density at radius 1 is 0.326 bits per heavy atom. The summed E-state index contributed by atoms with van der Waals surface area (Å²) in [6.07, 6.45) is 7.50. The average Bonchev–Trinajstić information content (AvgIpc) is 3.01. The zero-order chi connectivity index (χ0) is 31.2. The van der Waals surface area contributed by atoms with E-state index in [4.69, 9.17) is 52.1 Å². The van der Waals surface area contributed by atoms with Crippen LogP contribution in [0, 0.1) is 0 Å². The third-order valence-electron chi connectivity index (χ3n) is 5.69. The van der Waals surface area contributed by atoms with Gasteiger partial charge in [0.25, 0.3) is 0 Å². The van der Waals surface area contributed by atoms with Gasteiger partial charge in [0.1, 0.15) is 6.61 Å². The summed E-state index contributed by atoms with van der Waals surface area (Å²) in [6, 6.07) is 0. The molecule has 12 nitrogen and oxygen atoms in total. The molecule has 0 saturated heterocycles. The fraction of sp³-hybridized carbons (Fsp3) is 0.968. The van der Waals surface area contributed by atoms with Gasteiger partial charge in [-0.3, -0.25) is 4.79 Å². The molecule has 0 aliphatic heterocycles. The van der Waals surface area contributed by atoms with Crippen LogP contribution in [0.4, 0.5) is 0 Å². The predicted octanol–water partition coefficient (Wildman–Crippen LogP) is 3.47. The fourth-order valence-electron chi connectivity index (χ4n) is 3.38. The first kappa shape index (κ1) is 42.1. The number of hydrogen-bond donors (Lipinski definition) is 0. The van der Waals surface area contributed by atoms with Crippen molar-refractivity contribution in [2.45, 2.75) is 58.8 Å². The van der Waals surface area contributed by atoms with Crippen LogP contribution in [-0.4, -0.2) is 145 Å². The van der Waals surface area contributed by atoms with E-state index in [-0.39, 0.29) is 12.6 Å². The third-order valence-corrected chi connectivity index (χ3v) is 5.69. The smallest absolute Gasteiger partial charge is 0.305 e. The molecule has 0 saturated carbocycles. The number of hydrogen-bond acceptors (Lipinski definition) is 12. The van der Waals surface area contributed by atoms with Crippen molar-refractivity contribution in [2.75, 3.05) is 139 Å². The van der Waals surface area contributed by atoms with Crippen LogP contribution >= 0.6 is 0 Å². The SMILES string of the molecule is CCCCCCCOCCOCCOCCOCCOCCOCCOCCOCCOCCOCCOC(=O)CCC. The highest BCUT2D eigenvalue weighted by atomic mass is 16.6. The van der Waals surface area contributed by atoms with Gasteiger partial charge in [-0.25, -0.2) is 0 Å². The average molecular weight is 627 g/mol. The minimum Gasteiger partial charge on any atom is -0.463 e. The van der Waals surface area contributed by atoms with E-state index >= 15 is 0 Å². The molecule has 0 heterocycles. The second-order valence-corrected chi connectivity index (χ2v) is 9.51.